The predicted molar refractivity (Wildman–Crippen MR) is 81.8 cm³/mol. The molecule has 116 valence electrons. The molecule has 0 aromatic rings. The van der Waals surface area contributed by atoms with Crippen LogP contribution in [0, 0.1) is 0 Å². The van der Waals surface area contributed by atoms with Gasteiger partial charge >= 0.3 is 0 Å². The van der Waals surface area contributed by atoms with E-state index in [2.05, 4.69) is 40.8 Å². The smallest absolute Gasteiger partial charge is 0.239 e. The van der Waals surface area contributed by atoms with Crippen molar-refractivity contribution in [1.82, 2.24) is 20.0 Å². The van der Waals surface area contributed by atoms with E-state index in [1.54, 1.807) is 0 Å². The zero-order valence-electron chi connectivity index (χ0n) is 13.3. The fraction of sp³-hybridized carbons (Fsp3) is 0.933. The lowest BCUT2D eigenvalue weighted by Gasteiger charge is -2.34. The van der Waals surface area contributed by atoms with Crippen molar-refractivity contribution in [2.75, 3.05) is 52.4 Å². The summed E-state index contributed by atoms with van der Waals surface area (Å²) in [6.07, 6.45) is 1.13. The summed E-state index contributed by atoms with van der Waals surface area (Å²) in [7, 11) is 0. The molecule has 2 aliphatic rings. The Hall–Kier alpha value is -0.650. The number of amides is 1. The maximum Gasteiger partial charge on any atom is 0.239 e. The summed E-state index contributed by atoms with van der Waals surface area (Å²) in [5.74, 6) is 0.321. The van der Waals surface area contributed by atoms with Crippen molar-refractivity contribution < 1.29 is 4.79 Å². The molecular formula is C15H30N4O. The van der Waals surface area contributed by atoms with Gasteiger partial charge in [-0.3, -0.25) is 14.6 Å². The van der Waals surface area contributed by atoms with E-state index in [0.717, 1.165) is 58.8 Å². The highest BCUT2D eigenvalue weighted by Crippen LogP contribution is 2.17. The zero-order valence-corrected chi connectivity index (χ0v) is 13.3. The summed E-state index contributed by atoms with van der Waals surface area (Å²) in [5, 5.41) is 3.34. The van der Waals surface area contributed by atoms with Gasteiger partial charge in [-0.05, 0) is 26.4 Å². The van der Waals surface area contributed by atoms with E-state index in [4.69, 9.17) is 0 Å². The maximum atomic E-state index is 12.6. The molecule has 2 atom stereocenters. The number of piperazine rings is 1. The third kappa shape index (κ3) is 3.51. The van der Waals surface area contributed by atoms with Crippen LogP contribution in [0.25, 0.3) is 0 Å². The number of rotatable bonds is 5. The average molecular weight is 282 g/mol. The number of carbonyl (C=O) groups is 1. The number of likely N-dealkylation sites (tertiary alicyclic amines) is 1. The van der Waals surface area contributed by atoms with Crippen molar-refractivity contribution in [3.63, 3.8) is 0 Å². The van der Waals surface area contributed by atoms with Crippen LogP contribution >= 0.6 is 0 Å². The number of nitrogens with one attached hydrogen (secondary N) is 1. The van der Waals surface area contributed by atoms with Gasteiger partial charge in [-0.2, -0.15) is 0 Å². The van der Waals surface area contributed by atoms with Gasteiger partial charge in [0.1, 0.15) is 0 Å². The fourth-order valence-electron chi connectivity index (χ4n) is 3.47. The van der Waals surface area contributed by atoms with Gasteiger partial charge in [0.15, 0.2) is 0 Å². The predicted octanol–water partition coefficient (Wildman–Crippen LogP) is 0.223. The molecule has 0 saturated carbocycles. The van der Waals surface area contributed by atoms with Crippen molar-refractivity contribution in [1.29, 1.82) is 0 Å². The molecule has 0 bridgehead atoms. The van der Waals surface area contributed by atoms with E-state index in [-0.39, 0.29) is 6.04 Å². The molecule has 2 unspecified atom stereocenters. The van der Waals surface area contributed by atoms with E-state index in [9.17, 15) is 4.79 Å². The first-order chi connectivity index (χ1) is 9.67. The number of hydrogen-bond donors (Lipinski definition) is 1. The molecule has 20 heavy (non-hydrogen) atoms. The molecule has 2 heterocycles. The van der Waals surface area contributed by atoms with Crippen LogP contribution in [0.1, 0.15) is 27.2 Å². The average Bonchev–Trinajstić information content (AvgIpc) is 2.97. The Labute approximate surface area is 123 Å². The van der Waals surface area contributed by atoms with Crippen molar-refractivity contribution in [3.8, 4) is 0 Å². The van der Waals surface area contributed by atoms with E-state index < -0.39 is 0 Å². The van der Waals surface area contributed by atoms with E-state index in [0.29, 0.717) is 11.9 Å². The monoisotopic (exact) mass is 282 g/mol. The van der Waals surface area contributed by atoms with Gasteiger partial charge in [0, 0.05) is 45.3 Å². The molecule has 5 nitrogen and oxygen atoms in total. The summed E-state index contributed by atoms with van der Waals surface area (Å²) in [4.78, 5) is 19.5. The van der Waals surface area contributed by atoms with Crippen LogP contribution in [0.3, 0.4) is 0 Å². The molecule has 1 amide bonds. The Morgan fingerprint density at radius 2 is 1.90 bits per heavy atom. The quantitative estimate of drug-likeness (QED) is 0.783. The Kier molecular flexibility index (Phi) is 5.81. The summed E-state index contributed by atoms with van der Waals surface area (Å²) in [6, 6.07) is 0.594. The molecule has 2 aliphatic heterocycles. The number of nitrogens with zero attached hydrogens (tertiary/aromatic N) is 3. The van der Waals surface area contributed by atoms with Crippen LogP contribution in [-0.2, 0) is 4.79 Å². The molecule has 0 spiro atoms. The van der Waals surface area contributed by atoms with Gasteiger partial charge in [0.05, 0.1) is 6.04 Å². The van der Waals surface area contributed by atoms with E-state index in [1.807, 2.05) is 0 Å². The SMILES string of the molecule is CCN(CC)C1CCN(C(=O)C(C)N2CCNCC2)C1. The van der Waals surface area contributed by atoms with Crippen LogP contribution < -0.4 is 5.32 Å². The van der Waals surface area contributed by atoms with Gasteiger partial charge in [-0.25, -0.2) is 0 Å². The summed E-state index contributed by atoms with van der Waals surface area (Å²) in [6.45, 7) is 14.5. The minimum Gasteiger partial charge on any atom is -0.340 e. The van der Waals surface area contributed by atoms with Crippen molar-refractivity contribution in [2.24, 2.45) is 0 Å². The first kappa shape index (κ1) is 15.7. The molecule has 0 aromatic carbocycles. The maximum absolute atomic E-state index is 12.6. The summed E-state index contributed by atoms with van der Waals surface area (Å²) in [5.41, 5.74) is 0. The van der Waals surface area contributed by atoms with Gasteiger partial charge in [0.2, 0.25) is 5.91 Å². The third-order valence-corrected chi connectivity index (χ3v) is 4.86. The fourth-order valence-corrected chi connectivity index (χ4v) is 3.47. The lowest BCUT2D eigenvalue weighted by molar-refractivity contribution is -0.135. The highest BCUT2D eigenvalue weighted by molar-refractivity contribution is 5.81. The largest absolute Gasteiger partial charge is 0.340 e. The van der Waals surface area contributed by atoms with Crippen molar-refractivity contribution >= 4 is 5.91 Å². The normalized spacial score (nSPS) is 26.2. The standard InChI is InChI=1S/C15H30N4O/c1-4-17(5-2)14-6-9-19(12-14)15(20)13(3)18-10-7-16-8-11-18/h13-14,16H,4-12H2,1-3H3. The van der Waals surface area contributed by atoms with Crippen LogP contribution in [0.5, 0.6) is 0 Å². The number of hydrogen-bond acceptors (Lipinski definition) is 4. The molecule has 2 rings (SSSR count). The second kappa shape index (κ2) is 7.38. The Balaban J connectivity index is 1.86. The first-order valence-electron chi connectivity index (χ1n) is 8.15. The van der Waals surface area contributed by atoms with E-state index in [1.165, 1.54) is 0 Å². The van der Waals surface area contributed by atoms with Crippen LogP contribution in [0.15, 0.2) is 0 Å². The Morgan fingerprint density at radius 1 is 1.25 bits per heavy atom. The summed E-state index contributed by atoms with van der Waals surface area (Å²) >= 11 is 0. The second-order valence-corrected chi connectivity index (χ2v) is 5.91. The lowest BCUT2D eigenvalue weighted by Crippen LogP contribution is -2.53. The zero-order chi connectivity index (χ0) is 14.5. The second-order valence-electron chi connectivity index (χ2n) is 5.91. The van der Waals surface area contributed by atoms with Gasteiger partial charge in [-0.15, -0.1) is 0 Å². The van der Waals surface area contributed by atoms with Crippen molar-refractivity contribution in [3.05, 3.63) is 0 Å². The Bertz CT molecular complexity index is 313. The van der Waals surface area contributed by atoms with Crippen LogP contribution in [-0.4, -0.2) is 85.0 Å². The molecule has 0 aliphatic carbocycles. The molecule has 2 fully saturated rings. The lowest BCUT2D eigenvalue weighted by atomic mass is 10.2. The molecule has 2 saturated heterocycles. The van der Waals surface area contributed by atoms with Crippen molar-refractivity contribution in [2.45, 2.75) is 39.3 Å². The van der Waals surface area contributed by atoms with Gasteiger partial charge in [-0.1, -0.05) is 13.8 Å². The molecule has 0 radical (unpaired) electrons. The van der Waals surface area contributed by atoms with E-state index >= 15 is 0 Å². The first-order valence-corrected chi connectivity index (χ1v) is 8.15. The van der Waals surface area contributed by atoms with Crippen LogP contribution in [0.4, 0.5) is 0 Å². The molecular weight excluding hydrogens is 252 g/mol. The van der Waals surface area contributed by atoms with Gasteiger partial charge < -0.3 is 10.2 Å². The topological polar surface area (TPSA) is 38.8 Å². The van der Waals surface area contributed by atoms with Gasteiger partial charge in [0.25, 0.3) is 0 Å². The highest BCUT2D eigenvalue weighted by atomic mass is 16.2. The highest BCUT2D eigenvalue weighted by Gasteiger charge is 2.33. The molecule has 0 aromatic heterocycles. The molecule has 1 N–H and O–H groups in total. The minimum atomic E-state index is 0.0348. The van der Waals surface area contributed by atoms with Crippen LogP contribution in [0.2, 0.25) is 0 Å². The Morgan fingerprint density at radius 3 is 2.50 bits per heavy atom. The number of carbonyl (C=O) groups excluding carboxylic acids is 1. The summed E-state index contributed by atoms with van der Waals surface area (Å²) < 4.78 is 0. The minimum absolute atomic E-state index is 0.0348. The third-order valence-electron chi connectivity index (χ3n) is 4.86. The number of likely N-dealkylation sites (N-methyl/N-ethyl adjacent to an activating group) is 1. The molecule has 5 heteroatoms.